The Labute approximate surface area is 110 Å². The summed E-state index contributed by atoms with van der Waals surface area (Å²) in [5.74, 6) is 0.173. The second-order valence-corrected chi connectivity index (χ2v) is 4.42. The van der Waals surface area contributed by atoms with Gasteiger partial charge in [-0.25, -0.2) is 0 Å². The first kappa shape index (κ1) is 13.0. The second kappa shape index (κ2) is 5.47. The summed E-state index contributed by atoms with van der Waals surface area (Å²) in [6.07, 6.45) is 0.349. The maximum Gasteiger partial charge on any atom is 0.270 e. The van der Waals surface area contributed by atoms with Crippen molar-refractivity contribution in [3.05, 3.63) is 29.8 Å². The molecule has 0 bridgehead atoms. The van der Waals surface area contributed by atoms with Gasteiger partial charge in [0.15, 0.2) is 0 Å². The number of nitrogens with two attached hydrogens (primary N) is 1. The molecule has 1 unspecified atom stereocenters. The minimum atomic E-state index is -0.141. The molecule has 0 spiro atoms. The van der Waals surface area contributed by atoms with Gasteiger partial charge in [0.2, 0.25) is 5.91 Å². The van der Waals surface area contributed by atoms with Crippen LogP contribution in [0.2, 0.25) is 0 Å². The third-order valence-corrected chi connectivity index (χ3v) is 2.76. The number of aryl methyl sites for hydroxylation is 1. The highest BCUT2D eigenvalue weighted by molar-refractivity contribution is 5.89. The predicted molar refractivity (Wildman–Crippen MR) is 71.3 cm³/mol. The first-order chi connectivity index (χ1) is 9.04. The Morgan fingerprint density at radius 2 is 2.11 bits per heavy atom. The molecule has 2 aromatic rings. The van der Waals surface area contributed by atoms with Crippen molar-refractivity contribution in [2.24, 2.45) is 7.05 Å². The Bertz CT molecular complexity index is 562. The van der Waals surface area contributed by atoms with Crippen molar-refractivity contribution in [2.45, 2.75) is 19.3 Å². The third kappa shape index (κ3) is 3.51. The highest BCUT2D eigenvalue weighted by Crippen LogP contribution is 2.20. The Morgan fingerprint density at radius 1 is 1.42 bits per heavy atom. The molecule has 1 amide bonds. The van der Waals surface area contributed by atoms with Gasteiger partial charge in [0, 0.05) is 12.1 Å². The van der Waals surface area contributed by atoms with E-state index in [1.165, 1.54) is 4.80 Å². The largest absolute Gasteiger partial charge is 0.399 e. The van der Waals surface area contributed by atoms with Gasteiger partial charge in [-0.15, -0.1) is 5.10 Å². The topological polar surface area (TPSA) is 98.7 Å². The van der Waals surface area contributed by atoms with Crippen LogP contribution in [-0.2, 0) is 11.8 Å². The van der Waals surface area contributed by atoms with Gasteiger partial charge < -0.3 is 5.73 Å². The number of amides is 1. The van der Waals surface area contributed by atoms with E-state index < -0.39 is 0 Å². The number of hydrogen-bond acceptors (Lipinski definition) is 5. The normalized spacial score (nSPS) is 12.1. The molecule has 2 rings (SSSR count). The van der Waals surface area contributed by atoms with E-state index in [4.69, 9.17) is 5.73 Å². The lowest BCUT2D eigenvalue weighted by Gasteiger charge is -2.11. The number of aromatic nitrogens is 4. The van der Waals surface area contributed by atoms with Crippen LogP contribution in [0.1, 0.15) is 24.8 Å². The van der Waals surface area contributed by atoms with Crippen molar-refractivity contribution in [1.82, 2.24) is 20.2 Å². The molecule has 3 N–H and O–H groups in total. The summed E-state index contributed by atoms with van der Waals surface area (Å²) in [5.41, 5.74) is 7.41. The lowest BCUT2D eigenvalue weighted by Crippen LogP contribution is -2.15. The van der Waals surface area contributed by atoms with Crippen LogP contribution in [0.3, 0.4) is 0 Å². The molecule has 0 aliphatic heterocycles. The fourth-order valence-corrected chi connectivity index (χ4v) is 1.73. The molecular formula is C12H16N6O. The highest BCUT2D eigenvalue weighted by atomic mass is 16.1. The summed E-state index contributed by atoms with van der Waals surface area (Å²) in [7, 11) is 1.64. The molecule has 1 heterocycles. The summed E-state index contributed by atoms with van der Waals surface area (Å²) in [6.45, 7) is 1.98. The van der Waals surface area contributed by atoms with Crippen LogP contribution in [0.5, 0.6) is 0 Å². The lowest BCUT2D eigenvalue weighted by molar-refractivity contribution is -0.116. The number of hydrogen-bond donors (Lipinski definition) is 2. The van der Waals surface area contributed by atoms with E-state index >= 15 is 0 Å². The van der Waals surface area contributed by atoms with Crippen LogP contribution in [0.15, 0.2) is 24.3 Å². The van der Waals surface area contributed by atoms with E-state index in [0.29, 0.717) is 12.1 Å². The molecule has 0 radical (unpaired) electrons. The molecule has 100 valence electrons. The van der Waals surface area contributed by atoms with Crippen LogP contribution in [0, 0.1) is 0 Å². The molecule has 0 aliphatic carbocycles. The smallest absolute Gasteiger partial charge is 0.270 e. The van der Waals surface area contributed by atoms with E-state index in [9.17, 15) is 4.79 Å². The summed E-state index contributed by atoms with van der Waals surface area (Å²) in [4.78, 5) is 13.1. The average molecular weight is 260 g/mol. The summed E-state index contributed by atoms with van der Waals surface area (Å²) < 4.78 is 0. The number of carbonyl (C=O) groups excluding carboxylic acids is 1. The minimum absolute atomic E-state index is 0.0947. The van der Waals surface area contributed by atoms with Crippen LogP contribution >= 0.6 is 0 Å². The predicted octanol–water partition coefficient (Wildman–Crippen LogP) is 0.925. The minimum Gasteiger partial charge on any atom is -0.399 e. The van der Waals surface area contributed by atoms with Gasteiger partial charge in [-0.2, -0.15) is 4.80 Å². The van der Waals surface area contributed by atoms with E-state index in [1.54, 1.807) is 7.05 Å². The molecule has 7 nitrogen and oxygen atoms in total. The maximum atomic E-state index is 11.8. The van der Waals surface area contributed by atoms with Crippen LogP contribution in [0.4, 0.5) is 11.6 Å². The zero-order valence-electron chi connectivity index (χ0n) is 10.9. The number of anilines is 2. The third-order valence-electron chi connectivity index (χ3n) is 2.76. The van der Waals surface area contributed by atoms with E-state index in [1.807, 2.05) is 31.2 Å². The lowest BCUT2D eigenvalue weighted by atomic mass is 9.97. The molecule has 19 heavy (non-hydrogen) atoms. The summed E-state index contributed by atoms with van der Waals surface area (Å²) in [6, 6.07) is 7.50. The zero-order valence-corrected chi connectivity index (χ0v) is 10.9. The number of nitrogens with zero attached hydrogens (tertiary/aromatic N) is 4. The fraction of sp³-hybridized carbons (Fsp3) is 0.333. The van der Waals surface area contributed by atoms with Crippen LogP contribution in [-0.4, -0.2) is 26.1 Å². The van der Waals surface area contributed by atoms with Gasteiger partial charge in [0.05, 0.1) is 7.05 Å². The van der Waals surface area contributed by atoms with Gasteiger partial charge in [0.25, 0.3) is 5.95 Å². The summed E-state index contributed by atoms with van der Waals surface area (Å²) >= 11 is 0. The quantitative estimate of drug-likeness (QED) is 0.796. The Balaban J connectivity index is 1.93. The van der Waals surface area contributed by atoms with E-state index in [2.05, 4.69) is 20.7 Å². The zero-order chi connectivity index (χ0) is 13.8. The van der Waals surface area contributed by atoms with Crippen molar-refractivity contribution in [1.29, 1.82) is 0 Å². The number of tetrazole rings is 1. The van der Waals surface area contributed by atoms with Gasteiger partial charge >= 0.3 is 0 Å². The monoisotopic (exact) mass is 260 g/mol. The fourth-order valence-electron chi connectivity index (χ4n) is 1.73. The number of carbonyl (C=O) groups is 1. The molecule has 7 heteroatoms. The number of nitrogen functional groups attached to an aromatic ring is 1. The van der Waals surface area contributed by atoms with Crippen molar-refractivity contribution >= 4 is 17.5 Å². The number of benzene rings is 1. The van der Waals surface area contributed by atoms with Crippen molar-refractivity contribution in [3.8, 4) is 0 Å². The molecule has 0 saturated carbocycles. The first-order valence-electron chi connectivity index (χ1n) is 5.94. The molecule has 0 aliphatic rings. The Morgan fingerprint density at radius 3 is 2.68 bits per heavy atom. The van der Waals surface area contributed by atoms with E-state index in [0.717, 1.165) is 5.56 Å². The second-order valence-electron chi connectivity index (χ2n) is 4.42. The standard InChI is InChI=1S/C12H16N6O/c1-8(9-3-5-10(13)6-4-9)7-11(19)14-12-15-17-18(2)16-12/h3-6,8H,7,13H2,1-2H3,(H,14,16,19). The van der Waals surface area contributed by atoms with Gasteiger partial charge in [0.1, 0.15) is 0 Å². The molecule has 1 atom stereocenters. The maximum absolute atomic E-state index is 11.8. The van der Waals surface area contributed by atoms with Crippen molar-refractivity contribution in [2.75, 3.05) is 11.1 Å². The number of rotatable bonds is 4. The Hall–Kier alpha value is -2.44. The molecule has 0 saturated heterocycles. The molecule has 0 fully saturated rings. The van der Waals surface area contributed by atoms with Gasteiger partial charge in [-0.05, 0) is 28.8 Å². The van der Waals surface area contributed by atoms with Crippen LogP contribution in [0.25, 0.3) is 0 Å². The number of nitrogens with one attached hydrogen (secondary N) is 1. The average Bonchev–Trinajstić information content (AvgIpc) is 2.75. The SMILES string of the molecule is CC(CC(=O)Nc1nnn(C)n1)c1ccc(N)cc1. The molecular weight excluding hydrogens is 244 g/mol. The van der Waals surface area contributed by atoms with Crippen LogP contribution < -0.4 is 11.1 Å². The molecule has 1 aromatic heterocycles. The molecule has 1 aromatic carbocycles. The summed E-state index contributed by atoms with van der Waals surface area (Å²) in [5, 5.41) is 13.8. The highest BCUT2D eigenvalue weighted by Gasteiger charge is 2.13. The first-order valence-corrected chi connectivity index (χ1v) is 5.94. The van der Waals surface area contributed by atoms with Gasteiger partial charge in [-0.1, -0.05) is 24.2 Å². The van der Waals surface area contributed by atoms with Crippen molar-refractivity contribution < 1.29 is 4.79 Å². The van der Waals surface area contributed by atoms with Gasteiger partial charge in [-0.3, -0.25) is 10.1 Å². The van der Waals surface area contributed by atoms with E-state index in [-0.39, 0.29) is 17.8 Å². The Kier molecular flexibility index (Phi) is 3.74. The van der Waals surface area contributed by atoms with Crippen molar-refractivity contribution in [3.63, 3.8) is 0 Å².